The van der Waals surface area contributed by atoms with Gasteiger partial charge in [0.05, 0.1) is 6.04 Å². The van der Waals surface area contributed by atoms with Gasteiger partial charge in [-0.3, -0.25) is 0 Å². The zero-order valence-electron chi connectivity index (χ0n) is 12.2. The van der Waals surface area contributed by atoms with Gasteiger partial charge in [-0.25, -0.2) is 4.39 Å². The molecule has 0 amide bonds. The van der Waals surface area contributed by atoms with Crippen molar-refractivity contribution in [2.45, 2.75) is 13.0 Å². The zero-order chi connectivity index (χ0) is 14.5. The molecule has 1 unspecified atom stereocenters. The van der Waals surface area contributed by atoms with Crippen LogP contribution in [-0.4, -0.2) is 20.6 Å². The third-order valence-electron chi connectivity index (χ3n) is 3.35. The second-order valence-corrected chi connectivity index (χ2v) is 5.03. The third-order valence-corrected chi connectivity index (χ3v) is 3.35. The van der Waals surface area contributed by atoms with Gasteiger partial charge in [0.25, 0.3) is 0 Å². The minimum Gasteiger partial charge on any atom is -0.378 e. The molecule has 0 spiro atoms. The minimum absolute atomic E-state index is 0.0943. The highest BCUT2D eigenvalue weighted by Crippen LogP contribution is 2.24. The zero-order valence-corrected chi connectivity index (χ0v) is 12.2. The standard InChI is InChI=1S/C17H21FN2/c1-4-19-17(13-5-9-15(18)10-6-13)14-7-11-16(12-8-14)20(2)3/h5-12,17,19H,4H2,1-3H3. The summed E-state index contributed by atoms with van der Waals surface area (Å²) in [5.41, 5.74) is 3.43. The molecular formula is C17H21FN2. The number of halogens is 1. The van der Waals surface area contributed by atoms with Crippen molar-refractivity contribution in [3.8, 4) is 0 Å². The van der Waals surface area contributed by atoms with E-state index in [4.69, 9.17) is 0 Å². The van der Waals surface area contributed by atoms with Crippen molar-refractivity contribution in [1.29, 1.82) is 0 Å². The first-order valence-corrected chi connectivity index (χ1v) is 6.88. The molecule has 0 heterocycles. The van der Waals surface area contributed by atoms with Crippen molar-refractivity contribution in [2.24, 2.45) is 0 Å². The van der Waals surface area contributed by atoms with Gasteiger partial charge in [-0.15, -0.1) is 0 Å². The summed E-state index contributed by atoms with van der Waals surface area (Å²) in [5.74, 6) is -0.202. The first kappa shape index (κ1) is 14.5. The average molecular weight is 272 g/mol. The van der Waals surface area contributed by atoms with Crippen molar-refractivity contribution in [2.75, 3.05) is 25.5 Å². The van der Waals surface area contributed by atoms with Gasteiger partial charge in [0.1, 0.15) is 5.82 Å². The number of hydrogen-bond donors (Lipinski definition) is 1. The van der Waals surface area contributed by atoms with Gasteiger partial charge in [-0.05, 0) is 41.9 Å². The van der Waals surface area contributed by atoms with Crippen LogP contribution < -0.4 is 10.2 Å². The molecule has 0 saturated heterocycles. The van der Waals surface area contributed by atoms with Gasteiger partial charge in [-0.1, -0.05) is 31.2 Å². The predicted octanol–water partition coefficient (Wildman–Crippen LogP) is 3.59. The number of hydrogen-bond acceptors (Lipinski definition) is 2. The lowest BCUT2D eigenvalue weighted by Crippen LogP contribution is -2.22. The highest BCUT2D eigenvalue weighted by molar-refractivity contribution is 5.47. The molecule has 0 bridgehead atoms. The van der Waals surface area contributed by atoms with Gasteiger partial charge >= 0.3 is 0 Å². The lowest BCUT2D eigenvalue weighted by molar-refractivity contribution is 0.613. The molecule has 0 aliphatic rings. The summed E-state index contributed by atoms with van der Waals surface area (Å²) in [7, 11) is 4.05. The van der Waals surface area contributed by atoms with Crippen LogP contribution >= 0.6 is 0 Å². The second kappa shape index (κ2) is 6.53. The highest BCUT2D eigenvalue weighted by Gasteiger charge is 2.13. The summed E-state index contributed by atoms with van der Waals surface area (Å²) in [4.78, 5) is 2.07. The quantitative estimate of drug-likeness (QED) is 0.895. The van der Waals surface area contributed by atoms with E-state index in [0.717, 1.165) is 12.1 Å². The van der Waals surface area contributed by atoms with Crippen LogP contribution in [-0.2, 0) is 0 Å². The maximum Gasteiger partial charge on any atom is 0.123 e. The molecule has 3 heteroatoms. The number of benzene rings is 2. The largest absolute Gasteiger partial charge is 0.378 e. The Bertz CT molecular complexity index is 532. The molecule has 2 nitrogen and oxygen atoms in total. The van der Waals surface area contributed by atoms with E-state index < -0.39 is 0 Å². The maximum absolute atomic E-state index is 13.1. The van der Waals surface area contributed by atoms with E-state index in [1.807, 2.05) is 26.2 Å². The van der Waals surface area contributed by atoms with Gasteiger partial charge in [-0.2, -0.15) is 0 Å². The lowest BCUT2D eigenvalue weighted by Gasteiger charge is -2.20. The van der Waals surface area contributed by atoms with Gasteiger partial charge in [0.15, 0.2) is 0 Å². The van der Waals surface area contributed by atoms with E-state index >= 15 is 0 Å². The van der Waals surface area contributed by atoms with E-state index in [1.54, 1.807) is 0 Å². The Morgan fingerprint density at radius 3 is 1.90 bits per heavy atom. The molecule has 20 heavy (non-hydrogen) atoms. The molecule has 2 rings (SSSR count). The van der Waals surface area contributed by atoms with Crippen molar-refractivity contribution in [3.63, 3.8) is 0 Å². The second-order valence-electron chi connectivity index (χ2n) is 5.03. The van der Waals surface area contributed by atoms with Crippen LogP contribution in [0.1, 0.15) is 24.1 Å². The molecule has 2 aromatic carbocycles. The summed E-state index contributed by atoms with van der Waals surface area (Å²) in [6.45, 7) is 2.93. The van der Waals surface area contributed by atoms with Crippen LogP contribution in [0.4, 0.5) is 10.1 Å². The van der Waals surface area contributed by atoms with Crippen LogP contribution in [0.3, 0.4) is 0 Å². The van der Waals surface area contributed by atoms with Crippen molar-refractivity contribution < 1.29 is 4.39 Å². The molecular weight excluding hydrogens is 251 g/mol. The van der Waals surface area contributed by atoms with Crippen molar-refractivity contribution in [1.82, 2.24) is 5.32 Å². The van der Waals surface area contributed by atoms with Crippen LogP contribution in [0.2, 0.25) is 0 Å². The van der Waals surface area contributed by atoms with E-state index in [0.29, 0.717) is 0 Å². The number of nitrogens with zero attached hydrogens (tertiary/aromatic N) is 1. The molecule has 0 saturated carbocycles. The normalized spacial score (nSPS) is 12.2. The maximum atomic E-state index is 13.1. The fraction of sp³-hybridized carbons (Fsp3) is 0.294. The lowest BCUT2D eigenvalue weighted by atomic mass is 9.98. The first-order valence-electron chi connectivity index (χ1n) is 6.88. The molecule has 0 fully saturated rings. The Balaban J connectivity index is 2.30. The Morgan fingerprint density at radius 1 is 0.950 bits per heavy atom. The van der Waals surface area contributed by atoms with Crippen molar-refractivity contribution >= 4 is 5.69 Å². The predicted molar refractivity (Wildman–Crippen MR) is 82.7 cm³/mol. The van der Waals surface area contributed by atoms with Crippen LogP contribution in [0.15, 0.2) is 48.5 Å². The minimum atomic E-state index is -0.202. The van der Waals surface area contributed by atoms with E-state index in [9.17, 15) is 4.39 Å². The van der Waals surface area contributed by atoms with Gasteiger partial charge < -0.3 is 10.2 Å². The SMILES string of the molecule is CCNC(c1ccc(F)cc1)c1ccc(N(C)C)cc1. The van der Waals surface area contributed by atoms with Crippen LogP contribution in [0, 0.1) is 5.82 Å². The molecule has 0 aliphatic heterocycles. The summed E-state index contributed by atoms with van der Waals surface area (Å²) in [6, 6.07) is 15.2. The summed E-state index contributed by atoms with van der Waals surface area (Å²) < 4.78 is 13.1. The van der Waals surface area contributed by atoms with E-state index in [1.165, 1.54) is 23.4 Å². The smallest absolute Gasteiger partial charge is 0.123 e. The van der Waals surface area contributed by atoms with Gasteiger partial charge in [0.2, 0.25) is 0 Å². The van der Waals surface area contributed by atoms with Crippen molar-refractivity contribution in [3.05, 3.63) is 65.5 Å². The molecule has 106 valence electrons. The number of nitrogens with one attached hydrogen (secondary N) is 1. The summed E-state index contributed by atoms with van der Waals surface area (Å²) in [5, 5.41) is 3.45. The fourth-order valence-electron chi connectivity index (χ4n) is 2.25. The summed E-state index contributed by atoms with van der Waals surface area (Å²) >= 11 is 0. The number of rotatable bonds is 5. The average Bonchev–Trinajstić information content (AvgIpc) is 2.46. The Morgan fingerprint density at radius 2 is 1.45 bits per heavy atom. The molecule has 1 atom stereocenters. The topological polar surface area (TPSA) is 15.3 Å². The van der Waals surface area contributed by atoms with Gasteiger partial charge in [0, 0.05) is 19.8 Å². The third kappa shape index (κ3) is 3.36. The molecule has 0 radical (unpaired) electrons. The Labute approximate surface area is 120 Å². The molecule has 0 aromatic heterocycles. The highest BCUT2D eigenvalue weighted by atomic mass is 19.1. The van der Waals surface area contributed by atoms with E-state index in [2.05, 4.69) is 41.4 Å². The fourth-order valence-corrected chi connectivity index (χ4v) is 2.25. The van der Waals surface area contributed by atoms with Crippen LogP contribution in [0.25, 0.3) is 0 Å². The van der Waals surface area contributed by atoms with Crippen LogP contribution in [0.5, 0.6) is 0 Å². The van der Waals surface area contributed by atoms with E-state index in [-0.39, 0.29) is 11.9 Å². The molecule has 0 aliphatic carbocycles. The molecule has 2 aromatic rings. The Hall–Kier alpha value is -1.87. The first-order chi connectivity index (χ1) is 9.61. The Kier molecular flexibility index (Phi) is 4.74. The number of anilines is 1. The monoisotopic (exact) mass is 272 g/mol. The molecule has 1 N–H and O–H groups in total. The summed E-state index contributed by atoms with van der Waals surface area (Å²) in [6.07, 6.45) is 0.